The van der Waals surface area contributed by atoms with Gasteiger partial charge in [0.25, 0.3) is 0 Å². The van der Waals surface area contributed by atoms with Crippen LogP contribution in [0.25, 0.3) is 10.9 Å². The summed E-state index contributed by atoms with van der Waals surface area (Å²) in [7, 11) is 0. The van der Waals surface area contributed by atoms with E-state index in [1.807, 2.05) is 13.0 Å². The summed E-state index contributed by atoms with van der Waals surface area (Å²) in [5.41, 5.74) is 1.99. The molecule has 3 aromatic rings. The Morgan fingerprint density at radius 3 is 3.05 bits per heavy atom. The number of aliphatic hydroxyl groups is 1. The monoisotopic (exact) mass is 286 g/mol. The summed E-state index contributed by atoms with van der Waals surface area (Å²) in [6.45, 7) is 2.22. The third-order valence-corrected chi connectivity index (χ3v) is 3.37. The summed E-state index contributed by atoms with van der Waals surface area (Å²) in [4.78, 5) is 4.30. The summed E-state index contributed by atoms with van der Waals surface area (Å²) in [6.07, 6.45) is 3.30. The van der Waals surface area contributed by atoms with Crippen LogP contribution in [0.1, 0.15) is 30.7 Å². The van der Waals surface area contributed by atoms with Gasteiger partial charge in [0.1, 0.15) is 11.5 Å². The van der Waals surface area contributed by atoms with Crippen molar-refractivity contribution in [2.45, 2.75) is 26.0 Å². The van der Waals surface area contributed by atoms with E-state index >= 15 is 0 Å². The van der Waals surface area contributed by atoms with E-state index in [-0.39, 0.29) is 5.82 Å². The summed E-state index contributed by atoms with van der Waals surface area (Å²) in [6, 6.07) is 6.51. The first kappa shape index (κ1) is 13.6. The SMILES string of the molecule is CCC(O)c1cn(Cc2cc(F)cc3cccnc23)nn1. The maximum atomic E-state index is 13.7. The van der Waals surface area contributed by atoms with Crippen molar-refractivity contribution in [2.75, 3.05) is 0 Å². The van der Waals surface area contributed by atoms with Gasteiger partial charge in [-0.05, 0) is 24.6 Å². The van der Waals surface area contributed by atoms with E-state index in [0.29, 0.717) is 18.7 Å². The molecule has 6 heteroatoms. The van der Waals surface area contributed by atoms with E-state index < -0.39 is 6.10 Å². The average Bonchev–Trinajstić information content (AvgIpc) is 2.95. The molecule has 0 aliphatic carbocycles. The van der Waals surface area contributed by atoms with Crippen molar-refractivity contribution in [2.24, 2.45) is 0 Å². The maximum absolute atomic E-state index is 13.7. The molecule has 0 radical (unpaired) electrons. The number of aliphatic hydroxyl groups excluding tert-OH is 1. The molecule has 3 rings (SSSR count). The Kier molecular flexibility index (Phi) is 3.62. The highest BCUT2D eigenvalue weighted by atomic mass is 19.1. The minimum atomic E-state index is -0.624. The molecule has 108 valence electrons. The van der Waals surface area contributed by atoms with Crippen LogP contribution in [0.3, 0.4) is 0 Å². The fraction of sp³-hybridized carbons (Fsp3) is 0.267. The number of fused-ring (bicyclic) bond motifs is 1. The zero-order chi connectivity index (χ0) is 14.8. The van der Waals surface area contributed by atoms with Crippen LogP contribution in [0, 0.1) is 5.82 Å². The Morgan fingerprint density at radius 2 is 2.24 bits per heavy atom. The zero-order valence-corrected chi connectivity index (χ0v) is 11.6. The quantitative estimate of drug-likeness (QED) is 0.800. The lowest BCUT2D eigenvalue weighted by molar-refractivity contribution is 0.168. The molecule has 1 aromatic carbocycles. The van der Waals surface area contributed by atoms with Crippen molar-refractivity contribution >= 4 is 10.9 Å². The van der Waals surface area contributed by atoms with Crippen molar-refractivity contribution in [3.63, 3.8) is 0 Å². The molecule has 1 N–H and O–H groups in total. The molecular formula is C15H15FN4O. The number of rotatable bonds is 4. The van der Waals surface area contributed by atoms with Gasteiger partial charge in [-0.3, -0.25) is 4.98 Å². The minimum absolute atomic E-state index is 0.306. The van der Waals surface area contributed by atoms with Gasteiger partial charge in [0.15, 0.2) is 0 Å². The lowest BCUT2D eigenvalue weighted by Gasteiger charge is -2.06. The number of hydrogen-bond acceptors (Lipinski definition) is 4. The molecular weight excluding hydrogens is 271 g/mol. The molecule has 0 saturated carbocycles. The van der Waals surface area contributed by atoms with Crippen LogP contribution in [0.5, 0.6) is 0 Å². The van der Waals surface area contributed by atoms with Crippen LogP contribution in [0.4, 0.5) is 4.39 Å². The summed E-state index contributed by atoms with van der Waals surface area (Å²) >= 11 is 0. The number of nitrogens with zero attached hydrogens (tertiary/aromatic N) is 4. The molecule has 0 spiro atoms. The lowest BCUT2D eigenvalue weighted by atomic mass is 10.1. The molecule has 0 bridgehead atoms. The van der Waals surface area contributed by atoms with Gasteiger partial charge >= 0.3 is 0 Å². The first-order valence-electron chi connectivity index (χ1n) is 6.78. The molecule has 2 heterocycles. The molecule has 21 heavy (non-hydrogen) atoms. The van der Waals surface area contributed by atoms with E-state index in [2.05, 4.69) is 15.3 Å². The predicted octanol–water partition coefficient (Wildman–Crippen LogP) is 2.46. The van der Waals surface area contributed by atoms with Crippen molar-refractivity contribution in [3.05, 3.63) is 53.7 Å². The van der Waals surface area contributed by atoms with Gasteiger partial charge < -0.3 is 5.11 Å². The lowest BCUT2D eigenvalue weighted by Crippen LogP contribution is -2.02. The summed E-state index contributed by atoms with van der Waals surface area (Å²) in [5.74, 6) is -0.306. The normalized spacial score (nSPS) is 12.7. The Balaban J connectivity index is 1.96. The second-order valence-corrected chi connectivity index (χ2v) is 4.91. The van der Waals surface area contributed by atoms with E-state index in [0.717, 1.165) is 16.5 Å². The molecule has 0 aliphatic heterocycles. The number of benzene rings is 1. The largest absolute Gasteiger partial charge is 0.387 e. The van der Waals surface area contributed by atoms with Crippen molar-refractivity contribution in [1.29, 1.82) is 0 Å². The topological polar surface area (TPSA) is 63.8 Å². The number of halogens is 1. The Labute approximate surface area is 121 Å². The number of pyridine rings is 1. The minimum Gasteiger partial charge on any atom is -0.387 e. The summed E-state index contributed by atoms with van der Waals surface area (Å²) in [5, 5.41) is 18.4. The molecule has 0 fully saturated rings. The van der Waals surface area contributed by atoms with Crippen LogP contribution in [-0.4, -0.2) is 25.1 Å². The van der Waals surface area contributed by atoms with Crippen molar-refractivity contribution in [1.82, 2.24) is 20.0 Å². The molecule has 2 aromatic heterocycles. The third kappa shape index (κ3) is 2.75. The van der Waals surface area contributed by atoms with Gasteiger partial charge in [-0.2, -0.15) is 0 Å². The van der Waals surface area contributed by atoms with E-state index in [1.54, 1.807) is 23.1 Å². The molecule has 0 aliphatic rings. The Bertz CT molecular complexity index is 771. The van der Waals surface area contributed by atoms with E-state index in [9.17, 15) is 9.50 Å². The fourth-order valence-electron chi connectivity index (χ4n) is 2.28. The maximum Gasteiger partial charge on any atom is 0.124 e. The number of hydrogen-bond donors (Lipinski definition) is 1. The molecule has 0 saturated heterocycles. The predicted molar refractivity (Wildman–Crippen MR) is 76.1 cm³/mol. The third-order valence-electron chi connectivity index (χ3n) is 3.37. The van der Waals surface area contributed by atoms with Crippen LogP contribution in [-0.2, 0) is 6.54 Å². The fourth-order valence-corrected chi connectivity index (χ4v) is 2.28. The molecule has 1 atom stereocenters. The molecule has 0 amide bonds. The first-order valence-corrected chi connectivity index (χ1v) is 6.78. The van der Waals surface area contributed by atoms with Crippen LogP contribution in [0.2, 0.25) is 0 Å². The smallest absolute Gasteiger partial charge is 0.124 e. The highest BCUT2D eigenvalue weighted by Gasteiger charge is 2.11. The first-order chi connectivity index (χ1) is 10.2. The van der Waals surface area contributed by atoms with Gasteiger partial charge in [-0.15, -0.1) is 5.10 Å². The Morgan fingerprint density at radius 1 is 1.38 bits per heavy atom. The highest BCUT2D eigenvalue weighted by molar-refractivity contribution is 5.81. The van der Waals surface area contributed by atoms with Gasteiger partial charge in [0.05, 0.1) is 24.4 Å². The zero-order valence-electron chi connectivity index (χ0n) is 11.6. The van der Waals surface area contributed by atoms with Crippen LogP contribution < -0.4 is 0 Å². The molecule has 1 unspecified atom stereocenters. The van der Waals surface area contributed by atoms with Gasteiger partial charge in [-0.25, -0.2) is 9.07 Å². The second-order valence-electron chi connectivity index (χ2n) is 4.91. The van der Waals surface area contributed by atoms with Crippen LogP contribution >= 0.6 is 0 Å². The average molecular weight is 286 g/mol. The van der Waals surface area contributed by atoms with Crippen LogP contribution in [0.15, 0.2) is 36.7 Å². The Hall–Kier alpha value is -2.34. The van der Waals surface area contributed by atoms with E-state index in [4.69, 9.17) is 0 Å². The van der Waals surface area contributed by atoms with Crippen molar-refractivity contribution in [3.8, 4) is 0 Å². The van der Waals surface area contributed by atoms with Gasteiger partial charge in [0.2, 0.25) is 0 Å². The van der Waals surface area contributed by atoms with Crippen molar-refractivity contribution < 1.29 is 9.50 Å². The molecule has 5 nitrogen and oxygen atoms in total. The van der Waals surface area contributed by atoms with E-state index in [1.165, 1.54) is 12.1 Å². The summed E-state index contributed by atoms with van der Waals surface area (Å²) < 4.78 is 15.3. The highest BCUT2D eigenvalue weighted by Crippen LogP contribution is 2.20. The number of aromatic nitrogens is 4. The van der Waals surface area contributed by atoms with Gasteiger partial charge in [0, 0.05) is 17.1 Å². The standard InChI is InChI=1S/C15H15FN4O/c1-2-14(21)13-9-20(19-18-13)8-11-7-12(16)6-10-4-3-5-17-15(10)11/h3-7,9,14,21H,2,8H2,1H3. The van der Waals surface area contributed by atoms with Gasteiger partial charge in [-0.1, -0.05) is 18.2 Å². The second kappa shape index (κ2) is 5.57.